The summed E-state index contributed by atoms with van der Waals surface area (Å²) in [4.78, 5) is 31.3. The summed E-state index contributed by atoms with van der Waals surface area (Å²) in [5.74, 6) is -0.506. The molecule has 2 heterocycles. The van der Waals surface area contributed by atoms with Crippen molar-refractivity contribution in [2.45, 2.75) is 37.2 Å². The highest BCUT2D eigenvalue weighted by atomic mass is 16.5. The number of hydrogen-bond donors (Lipinski definition) is 4. The number of nitrogens with zero attached hydrogens (tertiary/aromatic N) is 2. The molecule has 2 aromatic carbocycles. The summed E-state index contributed by atoms with van der Waals surface area (Å²) in [6, 6.07) is 12.0. The minimum atomic E-state index is -1.16. The Morgan fingerprint density at radius 2 is 1.88 bits per heavy atom. The fourth-order valence-electron chi connectivity index (χ4n) is 6.00. The van der Waals surface area contributed by atoms with Crippen LogP contribution in [0.15, 0.2) is 54.1 Å². The first kappa shape index (κ1) is 30.0. The van der Waals surface area contributed by atoms with Crippen LogP contribution in [0.3, 0.4) is 0 Å². The molecule has 2 amide bonds. The zero-order chi connectivity index (χ0) is 29.6. The molecular formula is C31H39N3O8. The van der Waals surface area contributed by atoms with Crippen LogP contribution in [-0.4, -0.2) is 115 Å². The first-order valence-electron chi connectivity index (χ1n) is 14.4. The molecule has 11 nitrogen and oxygen atoms in total. The number of ether oxygens (including phenoxy) is 3. The third-order valence-electron chi connectivity index (χ3n) is 8.13. The summed E-state index contributed by atoms with van der Waals surface area (Å²) in [6.07, 6.45) is -0.251. The summed E-state index contributed by atoms with van der Waals surface area (Å²) in [5, 5.41) is 33.8. The molecule has 0 radical (unpaired) electrons. The fraction of sp³-hybridized carbons (Fsp3) is 0.484. The van der Waals surface area contributed by atoms with Crippen molar-refractivity contribution in [2.24, 2.45) is 0 Å². The van der Waals surface area contributed by atoms with Crippen molar-refractivity contribution in [3.05, 3.63) is 70.8 Å². The maximum Gasteiger partial charge on any atom is 0.247 e. The van der Waals surface area contributed by atoms with Crippen LogP contribution in [0.4, 0.5) is 0 Å². The van der Waals surface area contributed by atoms with Gasteiger partial charge >= 0.3 is 0 Å². The van der Waals surface area contributed by atoms with E-state index in [1.54, 1.807) is 23.1 Å². The van der Waals surface area contributed by atoms with Gasteiger partial charge in [-0.05, 0) is 29.3 Å². The maximum atomic E-state index is 13.9. The Hall–Kier alpha value is -3.48. The van der Waals surface area contributed by atoms with Gasteiger partial charge in [-0.2, -0.15) is 0 Å². The number of fused-ring (bicyclic) bond motifs is 3. The molecule has 3 aliphatic rings. The van der Waals surface area contributed by atoms with Crippen molar-refractivity contribution in [2.75, 3.05) is 59.7 Å². The summed E-state index contributed by atoms with van der Waals surface area (Å²) in [7, 11) is 1.49. The lowest BCUT2D eigenvalue weighted by Gasteiger charge is -2.41. The standard InChI is InChI=1S/C31H39N3O8/c1-40-25-16-21(19-36)15-22-27-23(31(39)32-7-12-35)18-24(28(38)30(27)42-29(22)25)34(9-8-33-10-13-41-14-11-33)26(37)17-20-5-3-2-4-6-20/h2-6,15-16,18,24,27-28,30,35-36,38H,7-14,17,19H2,1H3,(H,32,39). The molecule has 0 spiro atoms. The van der Waals surface area contributed by atoms with Crippen molar-refractivity contribution in [1.82, 2.24) is 15.1 Å². The van der Waals surface area contributed by atoms with E-state index in [9.17, 15) is 24.9 Å². The van der Waals surface area contributed by atoms with Gasteiger partial charge in [-0.1, -0.05) is 30.3 Å². The Morgan fingerprint density at radius 1 is 1.12 bits per heavy atom. The van der Waals surface area contributed by atoms with Crippen LogP contribution in [0.1, 0.15) is 22.6 Å². The molecular weight excluding hydrogens is 542 g/mol. The molecule has 4 N–H and O–H groups in total. The number of hydrogen-bond acceptors (Lipinski definition) is 9. The second-order valence-corrected chi connectivity index (χ2v) is 10.7. The number of morpholine rings is 1. The highest BCUT2D eigenvalue weighted by molar-refractivity contribution is 5.96. The third-order valence-corrected chi connectivity index (χ3v) is 8.13. The van der Waals surface area contributed by atoms with Crippen molar-refractivity contribution in [1.29, 1.82) is 0 Å². The van der Waals surface area contributed by atoms with Crippen LogP contribution in [0.2, 0.25) is 0 Å². The first-order valence-corrected chi connectivity index (χ1v) is 14.4. The second kappa shape index (κ2) is 13.7. The van der Waals surface area contributed by atoms with Crippen molar-refractivity contribution in [3.63, 3.8) is 0 Å². The number of benzene rings is 2. The lowest BCUT2D eigenvalue weighted by molar-refractivity contribution is -0.137. The molecule has 5 rings (SSSR count). The van der Waals surface area contributed by atoms with Gasteiger partial charge in [-0.25, -0.2) is 0 Å². The van der Waals surface area contributed by atoms with E-state index in [-0.39, 0.29) is 32.1 Å². The number of carbonyl (C=O) groups is 2. The van der Waals surface area contributed by atoms with Gasteiger partial charge in [0.2, 0.25) is 11.8 Å². The van der Waals surface area contributed by atoms with Crippen LogP contribution in [0.5, 0.6) is 11.5 Å². The Bertz CT molecular complexity index is 1280. The van der Waals surface area contributed by atoms with Gasteiger partial charge in [0.1, 0.15) is 12.2 Å². The molecule has 226 valence electrons. The summed E-state index contributed by atoms with van der Waals surface area (Å²) >= 11 is 0. The number of aliphatic hydroxyl groups excluding tert-OH is 3. The lowest BCUT2D eigenvalue weighted by atomic mass is 9.77. The summed E-state index contributed by atoms with van der Waals surface area (Å²) in [6.45, 7) is 3.19. The number of nitrogens with one attached hydrogen (secondary N) is 1. The van der Waals surface area contributed by atoms with E-state index in [0.29, 0.717) is 54.5 Å². The van der Waals surface area contributed by atoms with E-state index in [4.69, 9.17) is 14.2 Å². The minimum absolute atomic E-state index is 0.0438. The van der Waals surface area contributed by atoms with Crippen molar-refractivity contribution >= 4 is 11.8 Å². The molecule has 4 atom stereocenters. The van der Waals surface area contributed by atoms with E-state index in [1.165, 1.54) is 7.11 Å². The molecule has 4 unspecified atom stereocenters. The Kier molecular flexibility index (Phi) is 9.76. The van der Waals surface area contributed by atoms with Gasteiger partial charge in [0.05, 0.1) is 51.9 Å². The van der Waals surface area contributed by atoms with E-state index < -0.39 is 30.1 Å². The largest absolute Gasteiger partial charge is 0.493 e. The smallest absolute Gasteiger partial charge is 0.247 e. The lowest BCUT2D eigenvalue weighted by Crippen LogP contribution is -2.57. The van der Waals surface area contributed by atoms with Crippen LogP contribution in [0.25, 0.3) is 0 Å². The van der Waals surface area contributed by atoms with Crippen LogP contribution in [0, 0.1) is 0 Å². The van der Waals surface area contributed by atoms with E-state index in [1.807, 2.05) is 30.3 Å². The van der Waals surface area contributed by atoms with Gasteiger partial charge in [0.15, 0.2) is 11.5 Å². The number of methoxy groups -OCH3 is 1. The Morgan fingerprint density at radius 3 is 2.57 bits per heavy atom. The zero-order valence-electron chi connectivity index (χ0n) is 23.8. The maximum absolute atomic E-state index is 13.9. The monoisotopic (exact) mass is 581 g/mol. The van der Waals surface area contributed by atoms with Gasteiger partial charge in [-0.15, -0.1) is 0 Å². The Balaban J connectivity index is 1.53. The molecule has 0 saturated carbocycles. The predicted molar refractivity (Wildman–Crippen MR) is 153 cm³/mol. The molecule has 11 heteroatoms. The number of carbonyl (C=O) groups excluding carboxylic acids is 2. The van der Waals surface area contributed by atoms with E-state index >= 15 is 0 Å². The molecule has 0 bridgehead atoms. The molecule has 0 aromatic heterocycles. The predicted octanol–water partition coefficient (Wildman–Crippen LogP) is 0.214. The average molecular weight is 582 g/mol. The SMILES string of the molecule is COc1cc(CO)cc2c1OC1C2C(C(=O)NCCO)=CC(N(CCN2CCOCC2)C(=O)Cc2ccccc2)C1O. The quantitative estimate of drug-likeness (QED) is 0.293. The zero-order valence-corrected chi connectivity index (χ0v) is 23.8. The molecule has 42 heavy (non-hydrogen) atoms. The third kappa shape index (κ3) is 6.30. The van der Waals surface area contributed by atoms with Crippen LogP contribution in [-0.2, 0) is 27.4 Å². The van der Waals surface area contributed by atoms with Gasteiger partial charge in [0.25, 0.3) is 0 Å². The minimum Gasteiger partial charge on any atom is -0.493 e. The first-order chi connectivity index (χ1) is 20.4. The molecule has 1 aliphatic carbocycles. The summed E-state index contributed by atoms with van der Waals surface area (Å²) < 4.78 is 17.3. The van der Waals surface area contributed by atoms with Crippen molar-refractivity contribution in [3.8, 4) is 11.5 Å². The van der Waals surface area contributed by atoms with E-state index in [0.717, 1.165) is 18.7 Å². The highest BCUT2D eigenvalue weighted by Crippen LogP contribution is 2.51. The van der Waals surface area contributed by atoms with Crippen LogP contribution < -0.4 is 14.8 Å². The number of aliphatic hydroxyl groups is 3. The summed E-state index contributed by atoms with van der Waals surface area (Å²) in [5.41, 5.74) is 2.36. The van der Waals surface area contributed by atoms with Gasteiger partial charge in [-0.3, -0.25) is 14.5 Å². The average Bonchev–Trinajstić information content (AvgIpc) is 3.41. The van der Waals surface area contributed by atoms with E-state index in [2.05, 4.69) is 10.2 Å². The number of amides is 2. The second-order valence-electron chi connectivity index (χ2n) is 10.7. The van der Waals surface area contributed by atoms with Crippen LogP contribution >= 0.6 is 0 Å². The molecule has 2 aromatic rings. The Labute approximate surface area is 245 Å². The fourth-order valence-corrected chi connectivity index (χ4v) is 6.00. The van der Waals surface area contributed by atoms with Crippen molar-refractivity contribution < 1.29 is 39.1 Å². The normalized spacial score (nSPS) is 23.3. The van der Waals surface area contributed by atoms with Gasteiger partial charge in [0, 0.05) is 43.9 Å². The topological polar surface area (TPSA) is 141 Å². The van der Waals surface area contributed by atoms with Gasteiger partial charge < -0.3 is 39.7 Å². The molecule has 2 aliphatic heterocycles. The highest BCUT2D eigenvalue weighted by Gasteiger charge is 2.51. The molecule has 1 fully saturated rings. The number of rotatable bonds is 11. The molecule has 1 saturated heterocycles.